The van der Waals surface area contributed by atoms with Crippen LogP contribution in [-0.2, 0) is 5.60 Å². The zero-order valence-electron chi connectivity index (χ0n) is 16.3. The zero-order chi connectivity index (χ0) is 21.1. The highest BCUT2D eigenvalue weighted by atomic mass is 35.5. The second-order valence-corrected chi connectivity index (χ2v) is 7.88. The van der Waals surface area contributed by atoms with Crippen LogP contribution in [0, 0.1) is 0 Å². The van der Waals surface area contributed by atoms with Gasteiger partial charge in [0.25, 0.3) is 5.91 Å². The van der Waals surface area contributed by atoms with Gasteiger partial charge in [-0.25, -0.2) is 4.98 Å². The number of carbonyl (C=O) groups is 1. The fraction of sp³-hybridized carbons (Fsp3) is 0.217. The summed E-state index contributed by atoms with van der Waals surface area (Å²) in [5, 5.41) is 14.1. The molecule has 4 N–H and O–H groups in total. The van der Waals surface area contributed by atoms with Crippen LogP contribution in [0.2, 0.25) is 5.02 Å². The number of pyridine rings is 1. The monoisotopic (exact) mass is 423 g/mol. The lowest BCUT2D eigenvalue weighted by Crippen LogP contribution is -2.22. The van der Waals surface area contributed by atoms with E-state index in [-0.39, 0.29) is 11.7 Å². The average Bonchev–Trinajstić information content (AvgIpc) is 3.19. The molecular weight excluding hydrogens is 402 g/mol. The largest absolute Gasteiger partial charge is 0.453 e. The van der Waals surface area contributed by atoms with Crippen LogP contribution in [0.25, 0.3) is 0 Å². The van der Waals surface area contributed by atoms with Gasteiger partial charge in [-0.05, 0) is 42.7 Å². The molecule has 1 amide bonds. The average molecular weight is 424 g/mol. The molecule has 0 bridgehead atoms. The van der Waals surface area contributed by atoms with Gasteiger partial charge in [-0.1, -0.05) is 42.6 Å². The minimum atomic E-state index is -0.838. The molecule has 1 aliphatic carbocycles. The maximum atomic E-state index is 12.8. The summed E-state index contributed by atoms with van der Waals surface area (Å²) in [7, 11) is 0. The zero-order valence-corrected chi connectivity index (χ0v) is 17.0. The fourth-order valence-electron chi connectivity index (χ4n) is 3.68. The molecule has 1 heterocycles. The van der Waals surface area contributed by atoms with E-state index in [1.165, 1.54) is 6.20 Å². The number of anilines is 2. The van der Waals surface area contributed by atoms with E-state index in [0.717, 1.165) is 31.2 Å². The number of carbonyl (C=O) groups excluding carboxylic acids is 1. The van der Waals surface area contributed by atoms with Gasteiger partial charge >= 0.3 is 0 Å². The number of aromatic nitrogens is 1. The van der Waals surface area contributed by atoms with Crippen molar-refractivity contribution in [3.63, 3.8) is 0 Å². The van der Waals surface area contributed by atoms with Crippen molar-refractivity contribution in [2.45, 2.75) is 31.3 Å². The summed E-state index contributed by atoms with van der Waals surface area (Å²) < 4.78 is 5.76. The Kier molecular flexibility index (Phi) is 5.61. The van der Waals surface area contributed by atoms with Crippen molar-refractivity contribution in [3.05, 3.63) is 76.9 Å². The van der Waals surface area contributed by atoms with Crippen molar-refractivity contribution in [1.29, 1.82) is 0 Å². The molecule has 7 heteroatoms. The van der Waals surface area contributed by atoms with Gasteiger partial charge < -0.3 is 20.9 Å². The summed E-state index contributed by atoms with van der Waals surface area (Å²) in [6.45, 7) is 0. The lowest BCUT2D eigenvalue weighted by molar-refractivity contribution is 0.0444. The number of rotatable bonds is 5. The number of aliphatic hydroxyl groups is 1. The van der Waals surface area contributed by atoms with Gasteiger partial charge in [0, 0.05) is 29.6 Å². The molecule has 1 saturated carbocycles. The van der Waals surface area contributed by atoms with Crippen molar-refractivity contribution in [2.24, 2.45) is 0 Å². The second-order valence-electron chi connectivity index (χ2n) is 7.44. The predicted octanol–water partition coefficient (Wildman–Crippen LogP) is 5.12. The Morgan fingerprint density at radius 3 is 2.70 bits per heavy atom. The number of hydrogen-bond acceptors (Lipinski definition) is 5. The quantitative estimate of drug-likeness (QED) is 0.529. The van der Waals surface area contributed by atoms with E-state index in [9.17, 15) is 9.90 Å². The SMILES string of the molecule is Nc1ncc(Cl)cc1Oc1cccc(NC(=O)c2cccc(C3(O)CCCC3)c2)c1. The van der Waals surface area contributed by atoms with E-state index in [0.29, 0.717) is 27.8 Å². The molecule has 0 radical (unpaired) electrons. The van der Waals surface area contributed by atoms with Gasteiger partial charge in [-0.3, -0.25) is 4.79 Å². The number of nitrogens with two attached hydrogens (primary N) is 1. The first-order valence-corrected chi connectivity index (χ1v) is 10.1. The summed E-state index contributed by atoms with van der Waals surface area (Å²) in [6.07, 6.45) is 4.87. The van der Waals surface area contributed by atoms with Gasteiger partial charge in [0.2, 0.25) is 0 Å². The molecule has 0 saturated heterocycles. The smallest absolute Gasteiger partial charge is 0.255 e. The summed E-state index contributed by atoms with van der Waals surface area (Å²) in [4.78, 5) is 16.7. The minimum Gasteiger partial charge on any atom is -0.453 e. The minimum absolute atomic E-state index is 0.218. The number of hydrogen-bond donors (Lipinski definition) is 3. The van der Waals surface area contributed by atoms with Crippen LogP contribution in [0.15, 0.2) is 60.8 Å². The van der Waals surface area contributed by atoms with Crippen LogP contribution in [0.1, 0.15) is 41.6 Å². The molecule has 1 aliphatic rings. The standard InChI is InChI=1S/C23H22ClN3O3/c24-17-12-20(21(25)26-14-17)30-19-8-4-7-18(13-19)27-22(28)15-5-3-6-16(11-15)23(29)9-1-2-10-23/h3-8,11-14,29H,1-2,9-10H2,(H2,25,26)(H,27,28). The fourth-order valence-corrected chi connectivity index (χ4v) is 3.83. The van der Waals surface area contributed by atoms with Crippen molar-refractivity contribution in [1.82, 2.24) is 4.98 Å². The molecule has 0 atom stereocenters. The maximum absolute atomic E-state index is 12.8. The van der Waals surface area contributed by atoms with Crippen LogP contribution in [0.5, 0.6) is 11.5 Å². The number of amides is 1. The van der Waals surface area contributed by atoms with E-state index < -0.39 is 5.60 Å². The van der Waals surface area contributed by atoms with Crippen LogP contribution in [0.3, 0.4) is 0 Å². The summed E-state index contributed by atoms with van der Waals surface area (Å²) in [5.41, 5.74) is 6.83. The van der Waals surface area contributed by atoms with Crippen LogP contribution < -0.4 is 15.8 Å². The van der Waals surface area contributed by atoms with Crippen LogP contribution in [-0.4, -0.2) is 16.0 Å². The van der Waals surface area contributed by atoms with Gasteiger partial charge in [0.1, 0.15) is 5.75 Å². The molecule has 3 aromatic rings. The van der Waals surface area contributed by atoms with Crippen molar-refractivity contribution < 1.29 is 14.6 Å². The summed E-state index contributed by atoms with van der Waals surface area (Å²) >= 11 is 5.95. The summed E-state index contributed by atoms with van der Waals surface area (Å²) in [5.74, 6) is 0.774. The Hall–Kier alpha value is -3.09. The van der Waals surface area contributed by atoms with Gasteiger partial charge in [-0.15, -0.1) is 0 Å². The predicted molar refractivity (Wildman–Crippen MR) is 117 cm³/mol. The topological polar surface area (TPSA) is 97.5 Å². The van der Waals surface area contributed by atoms with E-state index in [4.69, 9.17) is 22.1 Å². The van der Waals surface area contributed by atoms with E-state index in [1.54, 1.807) is 48.5 Å². The Balaban J connectivity index is 1.50. The first-order valence-electron chi connectivity index (χ1n) is 9.76. The molecule has 0 aliphatic heterocycles. The summed E-state index contributed by atoms with van der Waals surface area (Å²) in [6, 6.07) is 15.7. The Morgan fingerprint density at radius 2 is 1.90 bits per heavy atom. The van der Waals surface area contributed by atoms with E-state index >= 15 is 0 Å². The van der Waals surface area contributed by atoms with Gasteiger partial charge in [-0.2, -0.15) is 0 Å². The highest BCUT2D eigenvalue weighted by molar-refractivity contribution is 6.30. The highest BCUT2D eigenvalue weighted by Gasteiger charge is 2.33. The number of nitrogen functional groups attached to an aromatic ring is 1. The van der Waals surface area contributed by atoms with Gasteiger partial charge in [0.15, 0.2) is 11.6 Å². The number of nitrogens with one attached hydrogen (secondary N) is 1. The first kappa shape index (κ1) is 20.2. The van der Waals surface area contributed by atoms with E-state index in [1.807, 2.05) is 6.07 Å². The lowest BCUT2D eigenvalue weighted by Gasteiger charge is -2.23. The number of benzene rings is 2. The van der Waals surface area contributed by atoms with Crippen LogP contribution in [0.4, 0.5) is 11.5 Å². The molecule has 1 aromatic heterocycles. The Bertz CT molecular complexity index is 1080. The molecular formula is C23H22ClN3O3. The third kappa shape index (κ3) is 4.40. The molecule has 0 unspecified atom stereocenters. The normalized spacial score (nSPS) is 15.0. The Morgan fingerprint density at radius 1 is 1.13 bits per heavy atom. The third-order valence-corrected chi connectivity index (χ3v) is 5.47. The van der Waals surface area contributed by atoms with Gasteiger partial charge in [0.05, 0.1) is 10.6 Å². The highest BCUT2D eigenvalue weighted by Crippen LogP contribution is 2.38. The van der Waals surface area contributed by atoms with Crippen LogP contribution >= 0.6 is 11.6 Å². The molecule has 154 valence electrons. The second kappa shape index (κ2) is 8.34. The molecule has 6 nitrogen and oxygen atoms in total. The molecule has 30 heavy (non-hydrogen) atoms. The number of halogens is 1. The maximum Gasteiger partial charge on any atom is 0.255 e. The van der Waals surface area contributed by atoms with Crippen molar-refractivity contribution in [2.75, 3.05) is 11.1 Å². The number of nitrogens with zero attached hydrogens (tertiary/aromatic N) is 1. The molecule has 0 spiro atoms. The lowest BCUT2D eigenvalue weighted by atomic mass is 9.91. The Labute approximate surface area is 179 Å². The van der Waals surface area contributed by atoms with Crippen molar-refractivity contribution in [3.8, 4) is 11.5 Å². The van der Waals surface area contributed by atoms with Crippen molar-refractivity contribution >= 4 is 29.0 Å². The van der Waals surface area contributed by atoms with E-state index in [2.05, 4.69) is 10.3 Å². The molecule has 4 rings (SSSR count). The third-order valence-electron chi connectivity index (χ3n) is 5.26. The number of ether oxygens (including phenoxy) is 1. The molecule has 2 aromatic carbocycles. The first-order chi connectivity index (χ1) is 14.4. The molecule has 1 fully saturated rings.